The number of nitrogens with zero attached hydrogens (tertiary/aromatic N) is 1. The number of carbonyl (C=O) groups excluding carboxylic acids is 1. The summed E-state index contributed by atoms with van der Waals surface area (Å²) in [4.78, 5) is 13.4. The van der Waals surface area contributed by atoms with Crippen molar-refractivity contribution in [3.8, 4) is 11.1 Å². The summed E-state index contributed by atoms with van der Waals surface area (Å²) in [5, 5.41) is 2.99. The molecule has 0 spiro atoms. The first-order valence-electron chi connectivity index (χ1n) is 7.73. The van der Waals surface area contributed by atoms with Gasteiger partial charge in [0.2, 0.25) is 6.54 Å². The van der Waals surface area contributed by atoms with Gasteiger partial charge in [0.15, 0.2) is 12.4 Å². The summed E-state index contributed by atoms with van der Waals surface area (Å²) in [5.41, 5.74) is 3.09. The number of benzene rings is 2. The SMILES string of the molecule is CSc1ccccc1NC(=O)C[n+]1cccc(-c2ccccc2)c1. The van der Waals surface area contributed by atoms with E-state index in [0.29, 0.717) is 0 Å². The fourth-order valence-corrected chi connectivity index (χ4v) is 3.08. The maximum atomic E-state index is 12.4. The van der Waals surface area contributed by atoms with Crippen LogP contribution in [0, 0.1) is 0 Å². The van der Waals surface area contributed by atoms with Crippen molar-refractivity contribution in [1.29, 1.82) is 0 Å². The molecular weight excluding hydrogens is 316 g/mol. The van der Waals surface area contributed by atoms with E-state index in [0.717, 1.165) is 21.7 Å². The topological polar surface area (TPSA) is 33.0 Å². The highest BCUT2D eigenvalue weighted by molar-refractivity contribution is 7.98. The van der Waals surface area contributed by atoms with Gasteiger partial charge in [0.25, 0.3) is 5.91 Å². The average molecular weight is 335 g/mol. The van der Waals surface area contributed by atoms with E-state index in [1.807, 2.05) is 77.8 Å². The lowest BCUT2D eigenvalue weighted by Crippen LogP contribution is -2.39. The number of hydrogen-bond donors (Lipinski definition) is 1. The predicted octanol–water partition coefficient (Wildman–Crippen LogP) is 4.00. The number of hydrogen-bond acceptors (Lipinski definition) is 2. The summed E-state index contributed by atoms with van der Waals surface area (Å²) in [6, 6.07) is 22.0. The Morgan fingerprint density at radius 2 is 1.67 bits per heavy atom. The molecule has 1 N–H and O–H groups in total. The standard InChI is InChI=1S/C20H18N2OS/c1-24-19-12-6-5-11-18(19)21-20(23)15-22-13-7-10-17(14-22)16-8-3-2-4-9-16/h2-14H,15H2,1H3/p+1. The lowest BCUT2D eigenvalue weighted by Gasteiger charge is -2.08. The van der Waals surface area contributed by atoms with Crippen molar-refractivity contribution in [2.45, 2.75) is 11.4 Å². The molecule has 1 heterocycles. The fraction of sp³-hybridized carbons (Fsp3) is 0.100. The minimum absolute atomic E-state index is 0.0355. The van der Waals surface area contributed by atoms with Crippen molar-refractivity contribution in [3.05, 3.63) is 79.1 Å². The predicted molar refractivity (Wildman–Crippen MR) is 98.9 cm³/mol. The Kier molecular flexibility index (Phi) is 5.29. The Bertz CT molecular complexity index is 834. The van der Waals surface area contributed by atoms with Gasteiger partial charge in [-0.3, -0.25) is 4.79 Å². The largest absolute Gasteiger partial charge is 0.320 e. The Balaban J connectivity index is 1.73. The molecule has 0 saturated heterocycles. The van der Waals surface area contributed by atoms with Gasteiger partial charge in [-0.15, -0.1) is 11.8 Å². The monoisotopic (exact) mass is 335 g/mol. The van der Waals surface area contributed by atoms with Gasteiger partial charge >= 0.3 is 0 Å². The molecule has 1 aromatic heterocycles. The number of para-hydroxylation sites is 1. The Labute approximate surface area is 146 Å². The molecule has 0 fully saturated rings. The zero-order valence-corrected chi connectivity index (χ0v) is 14.3. The summed E-state index contributed by atoms with van der Waals surface area (Å²) in [6.07, 6.45) is 5.91. The molecular formula is C20H19N2OS+. The summed E-state index contributed by atoms with van der Waals surface area (Å²) in [7, 11) is 0. The first kappa shape index (κ1) is 16.3. The number of thioether (sulfide) groups is 1. The molecule has 0 bridgehead atoms. The van der Waals surface area contributed by atoms with Crippen LogP contribution in [-0.2, 0) is 11.3 Å². The number of anilines is 1. The maximum absolute atomic E-state index is 12.4. The minimum atomic E-state index is -0.0355. The number of pyridine rings is 1. The number of nitrogens with one attached hydrogen (secondary N) is 1. The van der Waals surface area contributed by atoms with Crippen LogP contribution in [-0.4, -0.2) is 12.2 Å². The van der Waals surface area contributed by atoms with Gasteiger partial charge in [0.1, 0.15) is 0 Å². The lowest BCUT2D eigenvalue weighted by atomic mass is 10.1. The van der Waals surface area contributed by atoms with E-state index >= 15 is 0 Å². The van der Waals surface area contributed by atoms with Gasteiger partial charge in [-0.2, -0.15) is 4.57 Å². The van der Waals surface area contributed by atoms with E-state index in [1.165, 1.54) is 0 Å². The molecule has 0 radical (unpaired) electrons. The van der Waals surface area contributed by atoms with E-state index in [2.05, 4.69) is 17.4 Å². The maximum Gasteiger partial charge on any atom is 0.290 e. The van der Waals surface area contributed by atoms with Gasteiger partial charge in [0.05, 0.1) is 5.69 Å². The van der Waals surface area contributed by atoms with E-state index in [9.17, 15) is 4.79 Å². The molecule has 0 unspecified atom stereocenters. The molecule has 0 atom stereocenters. The van der Waals surface area contributed by atoms with Gasteiger partial charge in [-0.05, 0) is 30.0 Å². The minimum Gasteiger partial charge on any atom is -0.320 e. The molecule has 2 aromatic carbocycles. The molecule has 1 amide bonds. The van der Waals surface area contributed by atoms with Crippen LogP contribution in [0.2, 0.25) is 0 Å². The molecule has 24 heavy (non-hydrogen) atoms. The van der Waals surface area contributed by atoms with Crippen LogP contribution in [0.5, 0.6) is 0 Å². The van der Waals surface area contributed by atoms with E-state index in [4.69, 9.17) is 0 Å². The Hall–Kier alpha value is -2.59. The molecule has 120 valence electrons. The highest BCUT2D eigenvalue weighted by Gasteiger charge is 2.12. The molecule has 3 aromatic rings. The number of aromatic nitrogens is 1. The lowest BCUT2D eigenvalue weighted by molar-refractivity contribution is -0.683. The quantitative estimate of drug-likeness (QED) is 0.565. The first-order valence-corrected chi connectivity index (χ1v) is 8.96. The zero-order valence-electron chi connectivity index (χ0n) is 13.5. The molecule has 4 heteroatoms. The number of rotatable bonds is 5. The molecule has 0 aliphatic rings. The second-order valence-corrected chi connectivity index (χ2v) is 6.23. The van der Waals surface area contributed by atoms with E-state index in [1.54, 1.807) is 11.8 Å². The van der Waals surface area contributed by atoms with Crippen LogP contribution in [0.15, 0.2) is 84.0 Å². The van der Waals surface area contributed by atoms with Crippen LogP contribution < -0.4 is 9.88 Å². The first-order chi connectivity index (χ1) is 11.8. The van der Waals surface area contributed by atoms with Gasteiger partial charge in [-0.25, -0.2) is 0 Å². The Morgan fingerprint density at radius 3 is 2.46 bits per heavy atom. The highest BCUT2D eigenvalue weighted by Crippen LogP contribution is 2.24. The highest BCUT2D eigenvalue weighted by atomic mass is 32.2. The third kappa shape index (κ3) is 4.03. The third-order valence-electron chi connectivity index (χ3n) is 3.67. The fourth-order valence-electron chi connectivity index (χ4n) is 2.53. The normalized spacial score (nSPS) is 10.4. The summed E-state index contributed by atoms with van der Waals surface area (Å²) in [6.45, 7) is 0.281. The van der Waals surface area contributed by atoms with Gasteiger partial charge < -0.3 is 5.32 Å². The van der Waals surface area contributed by atoms with E-state index < -0.39 is 0 Å². The van der Waals surface area contributed by atoms with Crippen molar-refractivity contribution in [1.82, 2.24) is 0 Å². The van der Waals surface area contributed by atoms with Crippen molar-refractivity contribution < 1.29 is 9.36 Å². The molecule has 3 rings (SSSR count). The second kappa shape index (κ2) is 7.79. The summed E-state index contributed by atoms with van der Waals surface area (Å²) in [5.74, 6) is -0.0355. The van der Waals surface area contributed by atoms with Crippen LogP contribution in [0.3, 0.4) is 0 Å². The van der Waals surface area contributed by atoms with Crippen molar-refractivity contribution in [2.75, 3.05) is 11.6 Å². The second-order valence-electron chi connectivity index (χ2n) is 5.38. The number of carbonyl (C=O) groups is 1. The Morgan fingerprint density at radius 1 is 0.958 bits per heavy atom. The molecule has 0 aliphatic carbocycles. The van der Waals surface area contributed by atoms with Crippen LogP contribution in [0.1, 0.15) is 0 Å². The van der Waals surface area contributed by atoms with Crippen LogP contribution in [0.25, 0.3) is 11.1 Å². The van der Waals surface area contributed by atoms with Crippen molar-refractivity contribution in [3.63, 3.8) is 0 Å². The third-order valence-corrected chi connectivity index (χ3v) is 4.47. The summed E-state index contributed by atoms with van der Waals surface area (Å²) < 4.78 is 1.90. The number of amides is 1. The van der Waals surface area contributed by atoms with E-state index in [-0.39, 0.29) is 12.5 Å². The smallest absolute Gasteiger partial charge is 0.290 e. The molecule has 3 nitrogen and oxygen atoms in total. The van der Waals surface area contributed by atoms with Gasteiger partial charge in [0, 0.05) is 16.5 Å². The average Bonchev–Trinajstić information content (AvgIpc) is 2.63. The van der Waals surface area contributed by atoms with Crippen molar-refractivity contribution in [2.24, 2.45) is 0 Å². The molecule has 0 aliphatic heterocycles. The summed E-state index contributed by atoms with van der Waals surface area (Å²) >= 11 is 1.62. The van der Waals surface area contributed by atoms with Crippen LogP contribution in [0.4, 0.5) is 5.69 Å². The van der Waals surface area contributed by atoms with Crippen LogP contribution >= 0.6 is 11.8 Å². The van der Waals surface area contributed by atoms with Crippen molar-refractivity contribution >= 4 is 23.4 Å². The molecule has 0 saturated carbocycles. The zero-order chi connectivity index (χ0) is 16.8. The van der Waals surface area contributed by atoms with Gasteiger partial charge in [-0.1, -0.05) is 42.5 Å².